The van der Waals surface area contributed by atoms with Crippen LogP contribution in [0.3, 0.4) is 0 Å². The molecule has 2 aromatic carbocycles. The highest BCUT2D eigenvalue weighted by Crippen LogP contribution is 2.42. The second-order valence-corrected chi connectivity index (χ2v) is 8.14. The lowest BCUT2D eigenvalue weighted by atomic mass is 10.2. The summed E-state index contributed by atoms with van der Waals surface area (Å²) in [5.74, 6) is 1.30. The number of ether oxygens (including phenoxy) is 3. The molecule has 0 atom stereocenters. The molecule has 2 aliphatic heterocycles. The molecule has 4 rings (SSSR count). The summed E-state index contributed by atoms with van der Waals surface area (Å²) in [6.45, 7) is 0.161. The Labute approximate surface area is 172 Å². The summed E-state index contributed by atoms with van der Waals surface area (Å²) < 4.78 is 16.7. The number of halogens is 1. The van der Waals surface area contributed by atoms with E-state index in [9.17, 15) is 9.90 Å². The zero-order valence-corrected chi connectivity index (χ0v) is 17.1. The Bertz CT molecular complexity index is 1010. The van der Waals surface area contributed by atoms with Crippen LogP contribution in [0.5, 0.6) is 23.0 Å². The van der Waals surface area contributed by atoms with Gasteiger partial charge in [-0.3, -0.25) is 9.69 Å². The maximum atomic E-state index is 12.9. The highest BCUT2D eigenvalue weighted by molar-refractivity contribution is 9.10. The van der Waals surface area contributed by atoms with Gasteiger partial charge < -0.3 is 19.3 Å². The van der Waals surface area contributed by atoms with Crippen molar-refractivity contribution in [2.75, 3.05) is 18.8 Å². The predicted octanol–water partition coefficient (Wildman–Crippen LogP) is 4.30. The number of rotatable bonds is 3. The van der Waals surface area contributed by atoms with Crippen molar-refractivity contribution in [1.29, 1.82) is 0 Å². The predicted molar refractivity (Wildman–Crippen MR) is 111 cm³/mol. The number of fused-ring (bicyclic) bond motifs is 1. The van der Waals surface area contributed by atoms with Gasteiger partial charge in [0.05, 0.1) is 22.2 Å². The molecular formula is C18H12BrNO5S2. The topological polar surface area (TPSA) is 68.2 Å². The number of methoxy groups -OCH3 is 1. The number of thiocarbonyl (C=S) groups is 1. The highest BCUT2D eigenvalue weighted by atomic mass is 79.9. The SMILES string of the molecule is COc1cc(/C=C2/SC(=S)N(c3ccc4c(c3)OCO4)C2=O)cc(Br)c1O. The summed E-state index contributed by atoms with van der Waals surface area (Å²) in [5, 5.41) is 9.93. The first-order valence-electron chi connectivity index (χ1n) is 7.72. The molecule has 6 nitrogen and oxygen atoms in total. The number of carbonyl (C=O) groups excluding carboxylic acids is 1. The van der Waals surface area contributed by atoms with Crippen LogP contribution in [0.15, 0.2) is 39.7 Å². The Morgan fingerprint density at radius 2 is 2.07 bits per heavy atom. The van der Waals surface area contributed by atoms with Crippen molar-refractivity contribution in [3.8, 4) is 23.0 Å². The van der Waals surface area contributed by atoms with E-state index in [4.69, 9.17) is 26.4 Å². The largest absolute Gasteiger partial charge is 0.503 e. The number of nitrogens with zero attached hydrogens (tertiary/aromatic N) is 1. The molecule has 0 radical (unpaired) electrons. The van der Waals surface area contributed by atoms with Crippen LogP contribution >= 0.6 is 39.9 Å². The lowest BCUT2D eigenvalue weighted by molar-refractivity contribution is -0.113. The molecule has 27 heavy (non-hydrogen) atoms. The number of phenolic OH excluding ortho intramolecular Hbond substituents is 1. The van der Waals surface area contributed by atoms with Gasteiger partial charge in [0.1, 0.15) is 0 Å². The fourth-order valence-corrected chi connectivity index (χ4v) is 4.46. The average molecular weight is 466 g/mol. The number of thioether (sulfide) groups is 1. The smallest absolute Gasteiger partial charge is 0.270 e. The Morgan fingerprint density at radius 3 is 2.85 bits per heavy atom. The third-order valence-electron chi connectivity index (χ3n) is 3.98. The third kappa shape index (κ3) is 3.26. The molecule has 1 fully saturated rings. The summed E-state index contributed by atoms with van der Waals surface area (Å²) in [5.41, 5.74) is 1.32. The molecule has 0 saturated carbocycles. The van der Waals surface area contributed by atoms with Crippen molar-refractivity contribution >= 4 is 61.9 Å². The number of amides is 1. The zero-order valence-electron chi connectivity index (χ0n) is 13.9. The quantitative estimate of drug-likeness (QED) is 0.535. The van der Waals surface area contributed by atoms with Gasteiger partial charge in [0.25, 0.3) is 5.91 Å². The minimum absolute atomic E-state index is 0.00237. The molecule has 0 spiro atoms. The number of aromatic hydroxyl groups is 1. The second-order valence-electron chi connectivity index (χ2n) is 5.61. The van der Waals surface area contributed by atoms with Crippen LogP contribution in [0.1, 0.15) is 5.56 Å². The number of carbonyl (C=O) groups is 1. The molecule has 0 unspecified atom stereocenters. The molecule has 1 saturated heterocycles. The first kappa shape index (κ1) is 18.1. The van der Waals surface area contributed by atoms with Gasteiger partial charge in [0.2, 0.25) is 6.79 Å². The van der Waals surface area contributed by atoms with E-state index < -0.39 is 0 Å². The Balaban J connectivity index is 1.67. The van der Waals surface area contributed by atoms with E-state index in [0.717, 1.165) is 0 Å². The van der Waals surface area contributed by atoms with E-state index >= 15 is 0 Å². The van der Waals surface area contributed by atoms with E-state index in [1.54, 1.807) is 36.4 Å². The van der Waals surface area contributed by atoms with Gasteiger partial charge in [0.15, 0.2) is 27.3 Å². The maximum Gasteiger partial charge on any atom is 0.270 e. The standard InChI is InChI=1S/C18H12BrNO5S2/c1-23-14-5-9(4-11(19)16(14)21)6-15-17(22)20(18(26)27-15)10-2-3-12-13(7-10)25-8-24-12/h2-7,21H,8H2,1H3/b15-6+. The molecular weight excluding hydrogens is 454 g/mol. The minimum atomic E-state index is -0.230. The van der Waals surface area contributed by atoms with Crippen molar-refractivity contribution < 1.29 is 24.1 Å². The molecule has 1 N–H and O–H groups in total. The van der Waals surface area contributed by atoms with Crippen molar-refractivity contribution in [3.63, 3.8) is 0 Å². The summed E-state index contributed by atoms with van der Waals surface area (Å²) in [6, 6.07) is 8.59. The maximum absolute atomic E-state index is 12.9. The van der Waals surface area contributed by atoms with E-state index in [1.807, 2.05) is 0 Å². The normalized spacial score (nSPS) is 17.1. The van der Waals surface area contributed by atoms with Crippen LogP contribution < -0.4 is 19.1 Å². The van der Waals surface area contributed by atoms with Crippen LogP contribution in [0.2, 0.25) is 0 Å². The van der Waals surface area contributed by atoms with Crippen LogP contribution in [0.4, 0.5) is 5.69 Å². The molecule has 2 aromatic rings. The fourth-order valence-electron chi connectivity index (χ4n) is 2.70. The van der Waals surface area contributed by atoms with Crippen molar-refractivity contribution in [2.45, 2.75) is 0 Å². The monoisotopic (exact) mass is 465 g/mol. The Hall–Kier alpha value is -2.23. The molecule has 0 aromatic heterocycles. The van der Waals surface area contributed by atoms with Crippen LogP contribution in [-0.2, 0) is 4.79 Å². The molecule has 2 heterocycles. The van der Waals surface area contributed by atoms with Crippen LogP contribution in [-0.4, -0.2) is 29.2 Å². The number of hydrogen-bond donors (Lipinski definition) is 1. The number of benzene rings is 2. The first-order chi connectivity index (χ1) is 13.0. The van der Waals surface area contributed by atoms with Crippen LogP contribution in [0.25, 0.3) is 6.08 Å². The third-order valence-corrected chi connectivity index (χ3v) is 5.88. The number of hydrogen-bond acceptors (Lipinski definition) is 7. The minimum Gasteiger partial charge on any atom is -0.503 e. The average Bonchev–Trinajstić information content (AvgIpc) is 3.21. The molecule has 0 bridgehead atoms. The van der Waals surface area contributed by atoms with Gasteiger partial charge in [-0.05, 0) is 51.8 Å². The lowest BCUT2D eigenvalue weighted by Gasteiger charge is -2.14. The molecule has 9 heteroatoms. The van der Waals surface area contributed by atoms with Crippen molar-refractivity contribution in [3.05, 3.63) is 45.3 Å². The number of anilines is 1. The van der Waals surface area contributed by atoms with Crippen molar-refractivity contribution in [2.24, 2.45) is 0 Å². The van der Waals surface area contributed by atoms with Crippen molar-refractivity contribution in [1.82, 2.24) is 0 Å². The molecule has 0 aliphatic carbocycles. The van der Waals surface area contributed by atoms with E-state index in [1.165, 1.54) is 23.8 Å². The summed E-state index contributed by atoms with van der Waals surface area (Å²) in [7, 11) is 1.46. The van der Waals surface area contributed by atoms with Gasteiger partial charge in [-0.1, -0.05) is 24.0 Å². The van der Waals surface area contributed by atoms with Gasteiger partial charge in [-0.2, -0.15) is 0 Å². The van der Waals surface area contributed by atoms with Crippen LogP contribution in [0, 0.1) is 0 Å². The number of phenols is 1. The molecule has 2 aliphatic rings. The summed E-state index contributed by atoms with van der Waals surface area (Å²) in [6.07, 6.45) is 1.71. The van der Waals surface area contributed by atoms with E-state index in [-0.39, 0.29) is 18.4 Å². The molecule has 138 valence electrons. The fraction of sp³-hybridized carbons (Fsp3) is 0.111. The Kier molecular flexibility index (Phi) is 4.75. The van der Waals surface area contributed by atoms with Gasteiger partial charge in [-0.25, -0.2) is 0 Å². The lowest BCUT2D eigenvalue weighted by Crippen LogP contribution is -2.27. The zero-order chi connectivity index (χ0) is 19.1. The Morgan fingerprint density at radius 1 is 1.30 bits per heavy atom. The first-order valence-corrected chi connectivity index (χ1v) is 9.74. The second kappa shape index (κ2) is 7.06. The van der Waals surface area contributed by atoms with Gasteiger partial charge >= 0.3 is 0 Å². The molecule has 1 amide bonds. The van der Waals surface area contributed by atoms with E-state index in [2.05, 4.69) is 15.9 Å². The van der Waals surface area contributed by atoms with Gasteiger partial charge in [0, 0.05) is 6.07 Å². The summed E-state index contributed by atoms with van der Waals surface area (Å²) in [4.78, 5) is 14.8. The van der Waals surface area contributed by atoms with Gasteiger partial charge in [-0.15, -0.1) is 0 Å². The van der Waals surface area contributed by atoms with E-state index in [0.29, 0.717) is 42.2 Å². The highest BCUT2D eigenvalue weighted by Gasteiger charge is 2.34. The summed E-state index contributed by atoms with van der Waals surface area (Å²) >= 11 is 9.88.